The van der Waals surface area contributed by atoms with Gasteiger partial charge in [0, 0.05) is 6.54 Å². The zero-order chi connectivity index (χ0) is 19.5. The molecule has 0 unspecified atom stereocenters. The number of aryl methyl sites for hydroxylation is 1. The normalized spacial score (nSPS) is 18.1. The summed E-state index contributed by atoms with van der Waals surface area (Å²) in [7, 11) is 1.63. The first-order valence-corrected chi connectivity index (χ1v) is 9.84. The number of nitrogens with one attached hydrogen (secondary N) is 2. The van der Waals surface area contributed by atoms with Crippen molar-refractivity contribution in [3.05, 3.63) is 71.5 Å². The van der Waals surface area contributed by atoms with E-state index in [1.165, 1.54) is 11.8 Å². The van der Waals surface area contributed by atoms with Crippen LogP contribution in [0.1, 0.15) is 23.0 Å². The number of methoxy groups -OCH3 is 1. The van der Waals surface area contributed by atoms with Crippen LogP contribution in [0.3, 0.4) is 0 Å². The largest absolute Gasteiger partial charge is 0.497 e. The molecule has 1 aliphatic heterocycles. The van der Waals surface area contributed by atoms with Gasteiger partial charge in [0.05, 0.1) is 13.2 Å². The first kappa shape index (κ1) is 18.4. The van der Waals surface area contributed by atoms with Crippen LogP contribution in [0.2, 0.25) is 0 Å². The van der Waals surface area contributed by atoms with Gasteiger partial charge >= 0.3 is 0 Å². The fourth-order valence-electron chi connectivity index (χ4n) is 3.10. The van der Waals surface area contributed by atoms with Gasteiger partial charge in [0.1, 0.15) is 16.8 Å². The summed E-state index contributed by atoms with van der Waals surface area (Å²) in [6.45, 7) is 2.34. The van der Waals surface area contributed by atoms with Crippen molar-refractivity contribution in [3.8, 4) is 5.75 Å². The third-order valence-corrected chi connectivity index (χ3v) is 5.86. The second-order valence-electron chi connectivity index (χ2n) is 6.49. The van der Waals surface area contributed by atoms with Crippen molar-refractivity contribution in [1.29, 1.82) is 0 Å². The maximum atomic E-state index is 13.0. The Balaban J connectivity index is 1.53. The highest BCUT2D eigenvalue weighted by Gasteiger charge is 2.37. The van der Waals surface area contributed by atoms with Crippen molar-refractivity contribution in [2.75, 3.05) is 12.5 Å². The minimum atomic E-state index is -0.364. The summed E-state index contributed by atoms with van der Waals surface area (Å²) in [6, 6.07) is 17.4. The van der Waals surface area contributed by atoms with E-state index >= 15 is 0 Å². The van der Waals surface area contributed by atoms with Gasteiger partial charge in [-0.1, -0.05) is 54.2 Å². The van der Waals surface area contributed by atoms with Crippen molar-refractivity contribution in [3.63, 3.8) is 0 Å². The number of rotatable bonds is 5. The second kappa shape index (κ2) is 7.93. The van der Waals surface area contributed by atoms with Crippen LogP contribution in [0.15, 0.2) is 59.8 Å². The van der Waals surface area contributed by atoms with Gasteiger partial charge in [0.15, 0.2) is 0 Å². The molecule has 0 radical (unpaired) electrons. The van der Waals surface area contributed by atoms with Gasteiger partial charge in [-0.2, -0.15) is 0 Å². The molecule has 2 atom stereocenters. The van der Waals surface area contributed by atoms with Gasteiger partial charge in [-0.15, -0.1) is 10.2 Å². The molecule has 28 heavy (non-hydrogen) atoms. The number of benzene rings is 2. The summed E-state index contributed by atoms with van der Waals surface area (Å²) >= 11 is 1.42. The predicted molar refractivity (Wildman–Crippen MR) is 108 cm³/mol. The van der Waals surface area contributed by atoms with E-state index in [-0.39, 0.29) is 17.2 Å². The number of nitrogens with zero attached hydrogens (tertiary/aromatic N) is 3. The molecule has 3 aromatic rings. The molecule has 7 nitrogen and oxygen atoms in total. The molecule has 1 amide bonds. The number of aromatic nitrogens is 3. The van der Waals surface area contributed by atoms with Crippen molar-refractivity contribution in [2.24, 2.45) is 0 Å². The Morgan fingerprint density at radius 3 is 2.64 bits per heavy atom. The van der Waals surface area contributed by atoms with Crippen LogP contribution >= 0.6 is 11.8 Å². The van der Waals surface area contributed by atoms with Crippen LogP contribution in [0, 0.1) is 6.92 Å². The molecule has 0 saturated carbocycles. The zero-order valence-corrected chi connectivity index (χ0v) is 16.4. The minimum Gasteiger partial charge on any atom is -0.497 e. The Hall–Kier alpha value is -3.00. The average molecular weight is 395 g/mol. The summed E-state index contributed by atoms with van der Waals surface area (Å²) in [5.41, 5.74) is 5.45. The fourth-order valence-corrected chi connectivity index (χ4v) is 4.25. The topological polar surface area (TPSA) is 81.1 Å². The fraction of sp³-hybridized carbons (Fsp3) is 0.250. The molecule has 2 aromatic carbocycles. The lowest BCUT2D eigenvalue weighted by molar-refractivity contribution is -0.121. The minimum absolute atomic E-state index is 0.0472. The molecular formula is C20H21N5O2S. The predicted octanol–water partition coefficient (Wildman–Crippen LogP) is 2.67. The number of thioether (sulfide) groups is 1. The Morgan fingerprint density at radius 1 is 1.18 bits per heavy atom. The number of ether oxygens (including phenoxy) is 1. The van der Waals surface area contributed by atoms with Crippen molar-refractivity contribution in [1.82, 2.24) is 20.2 Å². The van der Waals surface area contributed by atoms with Crippen LogP contribution in [-0.4, -0.2) is 33.1 Å². The number of carbonyl (C=O) groups is 1. The lowest BCUT2D eigenvalue weighted by Crippen LogP contribution is -2.44. The van der Waals surface area contributed by atoms with Crippen molar-refractivity contribution >= 4 is 17.7 Å². The maximum Gasteiger partial charge on any atom is 0.236 e. The van der Waals surface area contributed by atoms with E-state index in [9.17, 15) is 4.79 Å². The number of carbonyl (C=O) groups excluding carboxylic acids is 1. The van der Waals surface area contributed by atoms with Gasteiger partial charge in [-0.25, -0.2) is 4.68 Å². The molecule has 1 aliphatic rings. The number of hydrogen-bond donors (Lipinski definition) is 2. The molecule has 0 aliphatic carbocycles. The molecule has 0 bridgehead atoms. The van der Waals surface area contributed by atoms with E-state index in [0.717, 1.165) is 22.7 Å². The Bertz CT molecular complexity index is 958. The van der Waals surface area contributed by atoms with Gasteiger partial charge in [0.2, 0.25) is 11.1 Å². The quantitative estimate of drug-likeness (QED) is 0.691. The molecule has 2 heterocycles. The van der Waals surface area contributed by atoms with E-state index in [1.807, 2.05) is 66.2 Å². The Morgan fingerprint density at radius 2 is 1.93 bits per heavy atom. The van der Waals surface area contributed by atoms with E-state index in [1.54, 1.807) is 7.11 Å². The highest BCUT2D eigenvalue weighted by atomic mass is 32.2. The first-order chi connectivity index (χ1) is 13.7. The van der Waals surface area contributed by atoms with Crippen LogP contribution in [0.25, 0.3) is 0 Å². The summed E-state index contributed by atoms with van der Waals surface area (Å²) in [5.74, 6) is 1.51. The summed E-state index contributed by atoms with van der Waals surface area (Å²) < 4.78 is 7.02. The van der Waals surface area contributed by atoms with Crippen LogP contribution in [0.4, 0.5) is 0 Å². The molecule has 8 heteroatoms. The highest BCUT2D eigenvalue weighted by Crippen LogP contribution is 2.36. The van der Waals surface area contributed by atoms with Crippen LogP contribution < -0.4 is 15.5 Å². The molecule has 0 spiro atoms. The Labute approximate surface area is 167 Å². The molecule has 2 N–H and O–H groups in total. The van der Waals surface area contributed by atoms with E-state index in [0.29, 0.717) is 11.7 Å². The van der Waals surface area contributed by atoms with Gasteiger partial charge in [-0.05, 0) is 30.2 Å². The zero-order valence-electron chi connectivity index (χ0n) is 15.6. The number of fused-ring (bicyclic) bond motifs is 1. The lowest BCUT2D eigenvalue weighted by Gasteiger charge is -2.32. The monoisotopic (exact) mass is 395 g/mol. The lowest BCUT2D eigenvalue weighted by atomic mass is 10.0. The smallest absolute Gasteiger partial charge is 0.236 e. The molecular weight excluding hydrogens is 374 g/mol. The van der Waals surface area contributed by atoms with Gasteiger partial charge < -0.3 is 15.5 Å². The number of amides is 1. The maximum absolute atomic E-state index is 13.0. The number of hydrogen-bond acceptors (Lipinski definition) is 6. The van der Waals surface area contributed by atoms with E-state index in [4.69, 9.17) is 4.74 Å². The van der Waals surface area contributed by atoms with Crippen LogP contribution in [0.5, 0.6) is 5.75 Å². The molecule has 0 saturated heterocycles. The third-order valence-electron chi connectivity index (χ3n) is 4.64. The van der Waals surface area contributed by atoms with E-state index in [2.05, 4.69) is 20.9 Å². The molecule has 144 valence electrons. The first-order valence-electron chi connectivity index (χ1n) is 8.96. The highest BCUT2D eigenvalue weighted by molar-refractivity contribution is 8.00. The molecule has 0 fully saturated rings. The average Bonchev–Trinajstić information content (AvgIpc) is 3.12. The summed E-state index contributed by atoms with van der Waals surface area (Å²) in [6.07, 6.45) is 0. The van der Waals surface area contributed by atoms with Gasteiger partial charge in [0.25, 0.3) is 0 Å². The van der Waals surface area contributed by atoms with Crippen molar-refractivity contribution < 1.29 is 9.53 Å². The molecule has 4 rings (SSSR count). The third kappa shape index (κ3) is 3.68. The van der Waals surface area contributed by atoms with Crippen LogP contribution in [-0.2, 0) is 11.3 Å². The molecule has 1 aromatic heterocycles. The SMILES string of the molecule is COc1ccc(CNC(=O)[C@@H]2Sc3nnc(C)n3N[C@@H]2c2ccccc2)cc1. The van der Waals surface area contributed by atoms with Gasteiger partial charge in [-0.3, -0.25) is 4.79 Å². The van der Waals surface area contributed by atoms with Crippen molar-refractivity contribution in [2.45, 2.75) is 29.9 Å². The second-order valence-corrected chi connectivity index (χ2v) is 7.60. The summed E-state index contributed by atoms with van der Waals surface area (Å²) in [4.78, 5) is 13.0. The Kier molecular flexibility index (Phi) is 5.21. The summed E-state index contributed by atoms with van der Waals surface area (Å²) in [5, 5.41) is 11.7. The van der Waals surface area contributed by atoms with E-state index < -0.39 is 0 Å². The standard InChI is InChI=1S/C20H21N5O2S/c1-13-22-23-20-25(13)24-17(15-6-4-3-5-7-15)18(28-20)19(26)21-12-14-8-10-16(27-2)11-9-14/h3-11,17-18,24H,12H2,1-2H3,(H,21,26)/t17-,18-/m1/s1.